The van der Waals surface area contributed by atoms with Crippen molar-refractivity contribution in [2.45, 2.75) is 6.42 Å². The van der Waals surface area contributed by atoms with Crippen molar-refractivity contribution < 1.29 is 17.5 Å². The fourth-order valence-electron chi connectivity index (χ4n) is 0.974. The molecule has 0 aliphatic rings. The molecule has 0 saturated heterocycles. The van der Waals surface area contributed by atoms with E-state index in [4.69, 9.17) is 0 Å². The lowest BCUT2D eigenvalue weighted by atomic mass is 10.1. The van der Waals surface area contributed by atoms with E-state index in [1.54, 1.807) is 0 Å². The summed E-state index contributed by atoms with van der Waals surface area (Å²) < 4.78 is 47.4. The number of nitrogens with one attached hydrogen (secondary N) is 1. The van der Waals surface area contributed by atoms with Crippen molar-refractivity contribution in [3.63, 3.8) is 0 Å². The van der Waals surface area contributed by atoms with Crippen LogP contribution in [0.15, 0.2) is 18.2 Å². The largest absolute Gasteiger partial charge is 0.760 e. The summed E-state index contributed by atoms with van der Waals surface area (Å²) in [4.78, 5) is 0. The van der Waals surface area contributed by atoms with Crippen LogP contribution in [0.1, 0.15) is 5.56 Å². The molecule has 1 aromatic rings. The molecule has 0 radical (unpaired) electrons. The van der Waals surface area contributed by atoms with Crippen LogP contribution in [0, 0.1) is 11.6 Å². The highest BCUT2D eigenvalue weighted by molar-refractivity contribution is 7.77. The molecule has 0 aliphatic carbocycles. The van der Waals surface area contributed by atoms with Crippen molar-refractivity contribution in [1.82, 2.24) is 4.72 Å². The predicted octanol–water partition coefficient (Wildman–Crippen LogP) is 0.891. The van der Waals surface area contributed by atoms with Crippen LogP contribution in [-0.2, 0) is 17.7 Å². The average molecular weight is 220 g/mol. The van der Waals surface area contributed by atoms with E-state index >= 15 is 0 Å². The number of hydrogen-bond donors (Lipinski definition) is 1. The molecule has 14 heavy (non-hydrogen) atoms. The lowest BCUT2D eigenvalue weighted by molar-refractivity contribution is 0.506. The fraction of sp³-hybridized carbons (Fsp3) is 0.250. The first-order valence-corrected chi connectivity index (χ1v) is 4.94. The summed E-state index contributed by atoms with van der Waals surface area (Å²) in [5.41, 5.74) is 0.543. The molecule has 0 bridgehead atoms. The summed E-state index contributed by atoms with van der Waals surface area (Å²) >= 11 is -2.32. The normalized spacial score (nSPS) is 12.8. The Kier molecular flexibility index (Phi) is 4.12. The van der Waals surface area contributed by atoms with E-state index in [1.807, 2.05) is 0 Å². The van der Waals surface area contributed by atoms with E-state index < -0.39 is 22.9 Å². The minimum absolute atomic E-state index is 0.168. The van der Waals surface area contributed by atoms with Crippen LogP contribution in [0.3, 0.4) is 0 Å². The van der Waals surface area contributed by atoms with E-state index in [0.29, 0.717) is 12.0 Å². The molecule has 1 rings (SSSR count). The SMILES string of the molecule is O=S([O-])NCCc1ccc(F)c(F)c1. The van der Waals surface area contributed by atoms with Crippen molar-refractivity contribution in [3.8, 4) is 0 Å². The number of benzene rings is 1. The molecule has 78 valence electrons. The maximum Gasteiger partial charge on any atom is 0.159 e. The number of hydrogen-bond acceptors (Lipinski definition) is 2. The first-order valence-electron chi connectivity index (χ1n) is 3.86. The Morgan fingerprint density at radius 1 is 1.36 bits per heavy atom. The lowest BCUT2D eigenvalue weighted by Gasteiger charge is -2.06. The van der Waals surface area contributed by atoms with Crippen LogP contribution in [0.2, 0.25) is 0 Å². The van der Waals surface area contributed by atoms with Crippen molar-refractivity contribution in [1.29, 1.82) is 0 Å². The minimum atomic E-state index is -2.32. The molecular formula is C8H8F2NO2S-. The van der Waals surface area contributed by atoms with Crippen molar-refractivity contribution in [3.05, 3.63) is 35.4 Å². The molecule has 0 aromatic heterocycles. The number of halogens is 2. The van der Waals surface area contributed by atoms with E-state index in [9.17, 15) is 17.5 Å². The van der Waals surface area contributed by atoms with Crippen LogP contribution in [0.4, 0.5) is 8.78 Å². The molecule has 1 aromatic carbocycles. The summed E-state index contributed by atoms with van der Waals surface area (Å²) in [6.45, 7) is 0.168. The number of rotatable bonds is 4. The second kappa shape index (κ2) is 5.14. The standard InChI is InChI=1S/C8H9F2NO2S/c9-7-2-1-6(5-8(7)10)3-4-11-14(12)13/h1-2,5,11H,3-4H2,(H,12,13)/p-1. The highest BCUT2D eigenvalue weighted by Crippen LogP contribution is 2.08. The van der Waals surface area contributed by atoms with Gasteiger partial charge in [-0.2, -0.15) is 0 Å². The molecule has 1 N–H and O–H groups in total. The van der Waals surface area contributed by atoms with Gasteiger partial charge in [0.15, 0.2) is 11.6 Å². The first kappa shape index (κ1) is 11.2. The van der Waals surface area contributed by atoms with Gasteiger partial charge in [-0.3, -0.25) is 4.21 Å². The smallest absolute Gasteiger partial charge is 0.159 e. The van der Waals surface area contributed by atoms with Gasteiger partial charge in [0, 0.05) is 17.8 Å². The topological polar surface area (TPSA) is 52.2 Å². The quantitative estimate of drug-likeness (QED) is 0.766. The average Bonchev–Trinajstić information content (AvgIpc) is 2.10. The maximum atomic E-state index is 12.6. The Morgan fingerprint density at radius 3 is 2.64 bits per heavy atom. The summed E-state index contributed by atoms with van der Waals surface area (Å²) in [7, 11) is 0. The van der Waals surface area contributed by atoms with Gasteiger partial charge in [-0.05, 0) is 24.1 Å². The zero-order valence-corrected chi connectivity index (χ0v) is 7.94. The molecule has 1 unspecified atom stereocenters. The van der Waals surface area contributed by atoms with Gasteiger partial charge in [-0.1, -0.05) is 6.07 Å². The van der Waals surface area contributed by atoms with Gasteiger partial charge < -0.3 is 4.55 Å². The third-order valence-corrected chi connectivity index (χ3v) is 2.06. The highest BCUT2D eigenvalue weighted by atomic mass is 32.2. The molecule has 0 fully saturated rings. The molecule has 0 aliphatic heterocycles. The van der Waals surface area contributed by atoms with Gasteiger partial charge in [-0.15, -0.1) is 0 Å². The third kappa shape index (κ3) is 3.49. The molecule has 6 heteroatoms. The molecule has 3 nitrogen and oxygen atoms in total. The summed E-state index contributed by atoms with van der Waals surface area (Å²) in [6, 6.07) is 3.47. The Balaban J connectivity index is 2.51. The second-order valence-electron chi connectivity index (χ2n) is 2.63. The fourth-order valence-corrected chi connectivity index (χ4v) is 1.24. The van der Waals surface area contributed by atoms with Gasteiger partial charge in [-0.25, -0.2) is 13.5 Å². The Morgan fingerprint density at radius 2 is 2.07 bits per heavy atom. The minimum Gasteiger partial charge on any atom is -0.760 e. The third-order valence-electron chi connectivity index (χ3n) is 1.62. The maximum absolute atomic E-state index is 12.6. The highest BCUT2D eigenvalue weighted by Gasteiger charge is 2.01. The van der Waals surface area contributed by atoms with Gasteiger partial charge in [0.2, 0.25) is 0 Å². The Hall–Kier alpha value is -0.850. The first-order chi connectivity index (χ1) is 6.59. The summed E-state index contributed by atoms with van der Waals surface area (Å²) in [6.07, 6.45) is 0.325. The van der Waals surface area contributed by atoms with Crippen LogP contribution in [0.25, 0.3) is 0 Å². The zero-order chi connectivity index (χ0) is 10.6. The lowest BCUT2D eigenvalue weighted by Crippen LogP contribution is -2.19. The van der Waals surface area contributed by atoms with Gasteiger partial charge in [0.05, 0.1) is 0 Å². The molecule has 0 heterocycles. The molecule has 0 amide bonds. The van der Waals surface area contributed by atoms with Crippen LogP contribution in [0.5, 0.6) is 0 Å². The second-order valence-corrected chi connectivity index (χ2v) is 3.39. The van der Waals surface area contributed by atoms with Gasteiger partial charge in [0.1, 0.15) is 0 Å². The van der Waals surface area contributed by atoms with E-state index in [2.05, 4.69) is 4.72 Å². The zero-order valence-electron chi connectivity index (χ0n) is 7.13. The van der Waals surface area contributed by atoms with Crippen molar-refractivity contribution >= 4 is 11.3 Å². The predicted molar refractivity (Wildman–Crippen MR) is 47.0 cm³/mol. The summed E-state index contributed by atoms with van der Waals surface area (Å²) in [5.74, 6) is -1.83. The van der Waals surface area contributed by atoms with Gasteiger partial charge >= 0.3 is 0 Å². The van der Waals surface area contributed by atoms with Gasteiger partial charge in [0.25, 0.3) is 0 Å². The molecule has 0 saturated carbocycles. The van der Waals surface area contributed by atoms with E-state index in [0.717, 1.165) is 12.1 Å². The van der Waals surface area contributed by atoms with Crippen molar-refractivity contribution in [2.24, 2.45) is 0 Å². The molecular weight excluding hydrogens is 212 g/mol. The van der Waals surface area contributed by atoms with Crippen molar-refractivity contribution in [2.75, 3.05) is 6.54 Å². The van der Waals surface area contributed by atoms with Crippen LogP contribution < -0.4 is 4.72 Å². The van der Waals surface area contributed by atoms with E-state index in [-0.39, 0.29) is 6.54 Å². The van der Waals surface area contributed by atoms with E-state index in [1.165, 1.54) is 6.07 Å². The Bertz CT molecular complexity index is 346. The molecule has 0 spiro atoms. The monoisotopic (exact) mass is 220 g/mol. The summed E-state index contributed by atoms with van der Waals surface area (Å²) in [5, 5.41) is 0. The van der Waals surface area contributed by atoms with Crippen LogP contribution >= 0.6 is 0 Å². The molecule has 1 atom stereocenters. The van der Waals surface area contributed by atoms with Crippen LogP contribution in [-0.4, -0.2) is 15.3 Å². The Labute approximate surface area is 82.6 Å².